The molecule has 4 aromatic rings. The summed E-state index contributed by atoms with van der Waals surface area (Å²) in [6, 6.07) is 9.81. The van der Waals surface area contributed by atoms with E-state index in [0.29, 0.717) is 41.2 Å². The molecule has 3 aromatic heterocycles. The van der Waals surface area contributed by atoms with Crippen LogP contribution in [-0.4, -0.2) is 36.5 Å². The van der Waals surface area contributed by atoms with Gasteiger partial charge in [-0.05, 0) is 37.1 Å². The summed E-state index contributed by atoms with van der Waals surface area (Å²) in [6.07, 6.45) is 6.26. The fraction of sp³-hybridized carbons (Fsp3) is 0.269. The molecule has 0 N–H and O–H groups in total. The number of piperidine rings is 1. The quantitative estimate of drug-likeness (QED) is 0.367. The summed E-state index contributed by atoms with van der Waals surface area (Å²) in [5, 5.41) is 5.66. The zero-order chi connectivity index (χ0) is 24.5. The molecule has 1 aliphatic heterocycles. The van der Waals surface area contributed by atoms with Crippen molar-refractivity contribution in [3.8, 4) is 17.0 Å². The molecule has 2 amide bonds. The van der Waals surface area contributed by atoms with E-state index < -0.39 is 0 Å². The number of carbonyl (C=O) groups excluding carboxylic acids is 2. The van der Waals surface area contributed by atoms with E-state index in [0.717, 1.165) is 27.9 Å². The Balaban J connectivity index is 1.48. The number of carbonyl (C=O) groups is 2. The van der Waals surface area contributed by atoms with Crippen molar-refractivity contribution in [2.45, 2.75) is 39.3 Å². The average Bonchev–Trinajstić information content (AvgIpc) is 3.26. The number of aromatic nitrogens is 4. The van der Waals surface area contributed by atoms with Crippen LogP contribution in [0.1, 0.15) is 36.1 Å². The molecule has 0 atom stereocenters. The molecule has 0 aliphatic carbocycles. The van der Waals surface area contributed by atoms with Gasteiger partial charge in [-0.3, -0.25) is 24.2 Å². The summed E-state index contributed by atoms with van der Waals surface area (Å²) in [4.78, 5) is 34.8. The van der Waals surface area contributed by atoms with Crippen LogP contribution in [0.15, 0.2) is 48.9 Å². The lowest BCUT2D eigenvalue weighted by Gasteiger charge is -2.26. The van der Waals surface area contributed by atoms with E-state index in [-0.39, 0.29) is 25.0 Å². The fourth-order valence-corrected chi connectivity index (χ4v) is 4.65. The zero-order valence-corrected chi connectivity index (χ0v) is 20.2. The van der Waals surface area contributed by atoms with Crippen LogP contribution in [0, 0.1) is 6.92 Å². The predicted octanol–water partition coefficient (Wildman–Crippen LogP) is 4.61. The third-order valence-corrected chi connectivity index (χ3v) is 6.53. The summed E-state index contributed by atoms with van der Waals surface area (Å²) < 4.78 is 8.07. The van der Waals surface area contributed by atoms with E-state index in [1.54, 1.807) is 12.4 Å². The van der Waals surface area contributed by atoms with Gasteiger partial charge in [0.1, 0.15) is 17.9 Å². The second-order valence-corrected chi connectivity index (χ2v) is 8.99. The molecule has 1 saturated heterocycles. The molecule has 0 spiro atoms. The maximum atomic E-state index is 12.3. The molecular weight excluding hydrogens is 466 g/mol. The second kappa shape index (κ2) is 9.46. The van der Waals surface area contributed by atoms with Crippen molar-refractivity contribution in [3.63, 3.8) is 0 Å². The average molecular weight is 490 g/mol. The highest BCUT2D eigenvalue weighted by atomic mass is 35.5. The smallest absolute Gasteiger partial charge is 0.229 e. The molecule has 0 radical (unpaired) electrons. The number of ether oxygens (including phenoxy) is 1. The Morgan fingerprint density at radius 3 is 2.66 bits per heavy atom. The van der Waals surface area contributed by atoms with Gasteiger partial charge in [0.2, 0.25) is 11.8 Å². The lowest BCUT2D eigenvalue weighted by atomic mass is 10.0. The molecule has 9 heteroatoms. The first kappa shape index (κ1) is 23.0. The number of benzene rings is 1. The van der Waals surface area contributed by atoms with Crippen molar-refractivity contribution in [2.75, 3.05) is 0 Å². The number of halogens is 1. The molecule has 4 heterocycles. The Kier molecular flexibility index (Phi) is 6.21. The first-order chi connectivity index (χ1) is 16.9. The minimum Gasteiger partial charge on any atom is -0.487 e. The van der Waals surface area contributed by atoms with Crippen molar-refractivity contribution >= 4 is 34.3 Å². The maximum absolute atomic E-state index is 12.3. The number of nitrogens with zero attached hydrogens (tertiary/aromatic N) is 5. The van der Waals surface area contributed by atoms with E-state index >= 15 is 0 Å². The highest BCUT2D eigenvalue weighted by Crippen LogP contribution is 2.34. The molecule has 178 valence electrons. The van der Waals surface area contributed by atoms with Crippen LogP contribution in [0.4, 0.5) is 0 Å². The third-order valence-electron chi connectivity index (χ3n) is 6.21. The van der Waals surface area contributed by atoms with Crippen LogP contribution in [0.5, 0.6) is 5.75 Å². The first-order valence-corrected chi connectivity index (χ1v) is 11.8. The van der Waals surface area contributed by atoms with Gasteiger partial charge in [0, 0.05) is 60.7 Å². The Labute approximate surface area is 207 Å². The monoisotopic (exact) mass is 489 g/mol. The van der Waals surface area contributed by atoms with Crippen LogP contribution in [0.3, 0.4) is 0 Å². The number of likely N-dealkylation sites (tertiary alicyclic amines) is 1. The van der Waals surface area contributed by atoms with Crippen molar-refractivity contribution in [1.82, 2.24) is 24.6 Å². The van der Waals surface area contributed by atoms with Gasteiger partial charge in [-0.1, -0.05) is 23.7 Å². The van der Waals surface area contributed by atoms with Crippen molar-refractivity contribution in [2.24, 2.45) is 7.05 Å². The molecular formula is C26H24ClN5O3. The number of rotatable bonds is 6. The highest BCUT2D eigenvalue weighted by Gasteiger charge is 2.27. The van der Waals surface area contributed by atoms with Crippen molar-refractivity contribution in [1.29, 1.82) is 0 Å². The number of hydrogen-bond donors (Lipinski definition) is 0. The second-order valence-electron chi connectivity index (χ2n) is 8.58. The van der Waals surface area contributed by atoms with Crippen molar-refractivity contribution in [3.05, 3.63) is 70.8 Å². The predicted molar refractivity (Wildman–Crippen MR) is 132 cm³/mol. The van der Waals surface area contributed by atoms with Gasteiger partial charge in [-0.15, -0.1) is 0 Å². The number of aryl methyl sites for hydroxylation is 2. The molecule has 0 bridgehead atoms. The molecule has 1 fully saturated rings. The Hall–Kier alpha value is -3.78. The standard InChI is InChI=1S/C26H24ClN5O3/c1-16-11-19(22-9-10-29-31(22)2)18-5-3-6-23(26(18)30-16)35-15-20-17(12-28-13-21(20)27)14-32-24(33)7-4-8-25(32)34/h3,5-6,9-13H,4,7-8,14-15H2,1-2H3. The molecule has 0 unspecified atom stereocenters. The van der Waals surface area contributed by atoms with Gasteiger partial charge in [-0.2, -0.15) is 5.10 Å². The van der Waals surface area contributed by atoms with Crippen LogP contribution >= 0.6 is 11.6 Å². The summed E-state index contributed by atoms with van der Waals surface area (Å²) >= 11 is 6.48. The minimum absolute atomic E-state index is 0.126. The number of pyridine rings is 2. The largest absolute Gasteiger partial charge is 0.487 e. The van der Waals surface area contributed by atoms with Gasteiger partial charge in [0.15, 0.2) is 0 Å². The summed E-state index contributed by atoms with van der Waals surface area (Å²) in [5.41, 5.74) is 4.95. The molecule has 5 rings (SSSR count). The van der Waals surface area contributed by atoms with Gasteiger partial charge in [0.25, 0.3) is 0 Å². The van der Waals surface area contributed by atoms with Gasteiger partial charge >= 0.3 is 0 Å². The minimum atomic E-state index is -0.176. The normalized spacial score (nSPS) is 14.1. The molecule has 1 aromatic carbocycles. The van der Waals surface area contributed by atoms with E-state index in [1.807, 2.05) is 49.0 Å². The lowest BCUT2D eigenvalue weighted by Crippen LogP contribution is -2.39. The van der Waals surface area contributed by atoms with Crippen molar-refractivity contribution < 1.29 is 14.3 Å². The van der Waals surface area contributed by atoms with Gasteiger partial charge in [0.05, 0.1) is 17.3 Å². The van der Waals surface area contributed by atoms with E-state index in [1.165, 1.54) is 11.1 Å². The van der Waals surface area contributed by atoms with Crippen LogP contribution < -0.4 is 4.74 Å². The highest BCUT2D eigenvalue weighted by molar-refractivity contribution is 6.31. The topological polar surface area (TPSA) is 90.2 Å². The summed E-state index contributed by atoms with van der Waals surface area (Å²) in [5.74, 6) is 0.257. The molecule has 1 aliphatic rings. The zero-order valence-electron chi connectivity index (χ0n) is 19.5. The summed E-state index contributed by atoms with van der Waals surface area (Å²) in [6.45, 7) is 2.21. The van der Waals surface area contributed by atoms with E-state index in [2.05, 4.69) is 10.1 Å². The Morgan fingerprint density at radius 2 is 1.91 bits per heavy atom. The molecule has 35 heavy (non-hydrogen) atoms. The van der Waals surface area contributed by atoms with Crippen LogP contribution in [-0.2, 0) is 29.8 Å². The number of amides is 2. The van der Waals surface area contributed by atoms with E-state index in [9.17, 15) is 9.59 Å². The fourth-order valence-electron chi connectivity index (χ4n) is 4.41. The lowest BCUT2D eigenvalue weighted by molar-refractivity contribution is -0.148. The molecule has 0 saturated carbocycles. The SMILES string of the molecule is Cc1cc(-c2ccnn2C)c2cccc(OCc3c(Cl)cncc3CN3C(=O)CCCC3=O)c2n1. The third kappa shape index (κ3) is 4.49. The Morgan fingerprint density at radius 1 is 1.11 bits per heavy atom. The van der Waals surface area contributed by atoms with Gasteiger partial charge in [-0.25, -0.2) is 4.98 Å². The maximum Gasteiger partial charge on any atom is 0.229 e. The van der Waals surface area contributed by atoms with Crippen LogP contribution in [0.25, 0.3) is 22.2 Å². The summed E-state index contributed by atoms with van der Waals surface area (Å²) in [7, 11) is 1.90. The van der Waals surface area contributed by atoms with Gasteiger partial charge < -0.3 is 4.74 Å². The first-order valence-electron chi connectivity index (χ1n) is 11.4. The number of fused-ring (bicyclic) bond motifs is 1. The number of imide groups is 1. The molecule has 8 nitrogen and oxygen atoms in total. The Bertz CT molecular complexity index is 1430. The van der Waals surface area contributed by atoms with E-state index in [4.69, 9.17) is 21.3 Å². The number of hydrogen-bond acceptors (Lipinski definition) is 6. The van der Waals surface area contributed by atoms with Crippen LogP contribution in [0.2, 0.25) is 5.02 Å². The number of para-hydroxylation sites is 1.